The van der Waals surface area contributed by atoms with Gasteiger partial charge in [0.15, 0.2) is 10.4 Å². The number of hydrogen-bond acceptors (Lipinski definition) is 3. The van der Waals surface area contributed by atoms with Crippen LogP contribution in [-0.4, -0.2) is 11.8 Å². The van der Waals surface area contributed by atoms with Crippen molar-refractivity contribution in [3.05, 3.63) is 92.9 Å². The summed E-state index contributed by atoms with van der Waals surface area (Å²) in [6.45, 7) is 0. The van der Waals surface area contributed by atoms with Gasteiger partial charge in [-0.25, -0.2) is 0 Å². The van der Waals surface area contributed by atoms with Gasteiger partial charge in [0.1, 0.15) is 5.70 Å². The lowest BCUT2D eigenvalue weighted by molar-refractivity contribution is -0.113. The molecule has 0 aliphatic heterocycles. The van der Waals surface area contributed by atoms with E-state index in [-0.39, 0.29) is 11.5 Å². The second kappa shape index (κ2) is 8.83. The normalized spacial score (nSPS) is 11.1. The average molecular weight is 490 g/mol. The Labute approximate surface area is 172 Å². The lowest BCUT2D eigenvalue weighted by Gasteiger charge is -2.10. The highest BCUT2D eigenvalue weighted by atomic mass is 79.9. The number of carbonyl (C=O) groups excluding carboxylic acids is 2. The second-order valence-electron chi connectivity index (χ2n) is 5.49. The molecule has 0 radical (unpaired) electrons. The van der Waals surface area contributed by atoms with Crippen molar-refractivity contribution in [1.29, 1.82) is 0 Å². The van der Waals surface area contributed by atoms with Crippen molar-refractivity contribution < 1.29 is 14.0 Å². The second-order valence-corrected chi connectivity index (χ2v) is 7.18. The molecule has 27 heavy (non-hydrogen) atoms. The van der Waals surface area contributed by atoms with Gasteiger partial charge in [-0.15, -0.1) is 0 Å². The van der Waals surface area contributed by atoms with Crippen molar-refractivity contribution >= 4 is 55.4 Å². The predicted octanol–water partition coefficient (Wildman–Crippen LogP) is 5.21. The Morgan fingerprint density at radius 1 is 0.889 bits per heavy atom. The fraction of sp³-hybridized carbons (Fsp3) is 0. The number of rotatable bonds is 5. The average Bonchev–Trinajstić information content (AvgIpc) is 3.10. The van der Waals surface area contributed by atoms with Crippen LogP contribution in [0.5, 0.6) is 0 Å². The number of furan rings is 1. The monoisotopic (exact) mass is 488 g/mol. The van der Waals surface area contributed by atoms with Crippen molar-refractivity contribution in [1.82, 2.24) is 5.32 Å². The zero-order valence-electron chi connectivity index (χ0n) is 13.9. The zero-order valence-corrected chi connectivity index (χ0v) is 17.1. The molecule has 3 rings (SSSR count). The number of anilines is 1. The first-order chi connectivity index (χ1) is 13.0. The first-order valence-corrected chi connectivity index (χ1v) is 9.50. The minimum Gasteiger partial charge on any atom is -0.444 e. The molecule has 0 unspecified atom stereocenters. The summed E-state index contributed by atoms with van der Waals surface area (Å²) in [5.74, 6) is -0.869. The molecule has 3 aromatic rings. The van der Waals surface area contributed by atoms with Crippen LogP contribution in [0.3, 0.4) is 0 Å². The summed E-state index contributed by atoms with van der Waals surface area (Å²) >= 11 is 6.53. The van der Waals surface area contributed by atoms with Crippen molar-refractivity contribution in [2.45, 2.75) is 0 Å². The molecule has 2 amide bonds. The molecule has 0 spiro atoms. The summed E-state index contributed by atoms with van der Waals surface area (Å²) in [7, 11) is 0. The van der Waals surface area contributed by atoms with Gasteiger partial charge in [-0.3, -0.25) is 9.59 Å². The van der Waals surface area contributed by atoms with E-state index >= 15 is 0 Å². The maximum Gasteiger partial charge on any atom is 0.291 e. The third kappa shape index (κ3) is 5.42. The predicted molar refractivity (Wildman–Crippen MR) is 111 cm³/mol. The van der Waals surface area contributed by atoms with Gasteiger partial charge in [0.05, 0.1) is 0 Å². The van der Waals surface area contributed by atoms with Crippen LogP contribution in [0.25, 0.3) is 6.08 Å². The number of hydrogen-bond donors (Lipinski definition) is 2. The number of halogens is 2. The Bertz CT molecular complexity index is 980. The van der Waals surface area contributed by atoms with E-state index in [1.165, 1.54) is 6.07 Å². The van der Waals surface area contributed by atoms with Gasteiger partial charge < -0.3 is 15.1 Å². The standard InChI is InChI=1S/C20H14Br2N2O3/c21-14-8-6-13(7-9-14)12-16(19(25)23-15-4-2-1-3-5-15)24-20(26)17-10-11-18(22)27-17/h1-12H,(H,23,25)(H,24,26)/b16-12-. The molecule has 2 aromatic carbocycles. The smallest absolute Gasteiger partial charge is 0.291 e. The molecule has 0 atom stereocenters. The number of benzene rings is 2. The lowest BCUT2D eigenvalue weighted by atomic mass is 10.2. The SMILES string of the molecule is O=C(Nc1ccccc1)/C(=C/c1ccc(Br)cc1)NC(=O)c1ccc(Br)o1. The molecule has 2 N–H and O–H groups in total. The molecule has 5 nitrogen and oxygen atoms in total. The summed E-state index contributed by atoms with van der Waals surface area (Å²) in [4.78, 5) is 25.1. The molecule has 7 heteroatoms. The van der Waals surface area contributed by atoms with Gasteiger partial charge in [0.2, 0.25) is 0 Å². The molecule has 0 aliphatic carbocycles. The van der Waals surface area contributed by atoms with Gasteiger partial charge in [0.25, 0.3) is 11.8 Å². The van der Waals surface area contributed by atoms with Crippen LogP contribution in [-0.2, 0) is 4.79 Å². The maximum absolute atomic E-state index is 12.7. The van der Waals surface area contributed by atoms with E-state index in [2.05, 4.69) is 42.5 Å². The Morgan fingerprint density at radius 3 is 2.22 bits per heavy atom. The highest BCUT2D eigenvalue weighted by molar-refractivity contribution is 9.10. The molecular formula is C20H14Br2N2O3. The zero-order chi connectivity index (χ0) is 19.2. The molecule has 1 aromatic heterocycles. The van der Waals surface area contributed by atoms with Crippen LogP contribution in [0.4, 0.5) is 5.69 Å². The number of amides is 2. The van der Waals surface area contributed by atoms with Crippen LogP contribution in [0, 0.1) is 0 Å². The fourth-order valence-electron chi connectivity index (χ4n) is 2.22. The highest BCUT2D eigenvalue weighted by Gasteiger charge is 2.17. The van der Waals surface area contributed by atoms with Crippen molar-refractivity contribution in [2.75, 3.05) is 5.32 Å². The first kappa shape index (κ1) is 19.1. The van der Waals surface area contributed by atoms with Gasteiger partial charge in [-0.1, -0.05) is 46.3 Å². The Morgan fingerprint density at radius 2 is 1.59 bits per heavy atom. The third-order valence-electron chi connectivity index (χ3n) is 3.50. The molecule has 136 valence electrons. The van der Waals surface area contributed by atoms with E-state index in [1.54, 1.807) is 24.3 Å². The van der Waals surface area contributed by atoms with Crippen LogP contribution >= 0.6 is 31.9 Å². The summed E-state index contributed by atoms with van der Waals surface area (Å²) in [6.07, 6.45) is 1.60. The van der Waals surface area contributed by atoms with Crippen molar-refractivity contribution in [3.63, 3.8) is 0 Å². The Hall–Kier alpha value is -2.64. The summed E-state index contributed by atoms with van der Waals surface area (Å²) in [6, 6.07) is 19.5. The van der Waals surface area contributed by atoms with E-state index in [9.17, 15) is 9.59 Å². The minimum atomic E-state index is -0.521. The van der Waals surface area contributed by atoms with Crippen molar-refractivity contribution in [2.24, 2.45) is 0 Å². The van der Waals surface area contributed by atoms with E-state index in [1.807, 2.05) is 42.5 Å². The molecule has 0 saturated heterocycles. The summed E-state index contributed by atoms with van der Waals surface area (Å²) in [5.41, 5.74) is 1.48. The molecule has 1 heterocycles. The van der Waals surface area contributed by atoms with Crippen LogP contribution in [0.2, 0.25) is 0 Å². The Balaban J connectivity index is 1.86. The van der Waals surface area contributed by atoms with Crippen LogP contribution < -0.4 is 10.6 Å². The third-order valence-corrected chi connectivity index (χ3v) is 4.46. The summed E-state index contributed by atoms with van der Waals surface area (Å²) < 4.78 is 6.60. The first-order valence-electron chi connectivity index (χ1n) is 7.91. The summed E-state index contributed by atoms with van der Waals surface area (Å²) in [5, 5.41) is 5.38. The Kier molecular flexibility index (Phi) is 6.26. The van der Waals surface area contributed by atoms with E-state index in [4.69, 9.17) is 4.42 Å². The number of carbonyl (C=O) groups is 2. The van der Waals surface area contributed by atoms with Gasteiger partial charge >= 0.3 is 0 Å². The largest absolute Gasteiger partial charge is 0.444 e. The van der Waals surface area contributed by atoms with E-state index in [0.717, 1.165) is 10.0 Å². The van der Waals surface area contributed by atoms with Gasteiger partial charge in [0, 0.05) is 10.2 Å². The number of nitrogens with one attached hydrogen (secondary N) is 2. The van der Waals surface area contributed by atoms with Gasteiger partial charge in [-0.2, -0.15) is 0 Å². The molecule has 0 saturated carbocycles. The highest BCUT2D eigenvalue weighted by Crippen LogP contribution is 2.16. The molecule has 0 bridgehead atoms. The number of para-hydroxylation sites is 1. The molecular weight excluding hydrogens is 476 g/mol. The minimum absolute atomic E-state index is 0.0936. The quantitative estimate of drug-likeness (QED) is 0.483. The topological polar surface area (TPSA) is 71.3 Å². The molecule has 0 aliphatic rings. The molecule has 0 fully saturated rings. The lowest BCUT2D eigenvalue weighted by Crippen LogP contribution is -2.30. The van der Waals surface area contributed by atoms with E-state index in [0.29, 0.717) is 10.4 Å². The van der Waals surface area contributed by atoms with Gasteiger partial charge in [-0.05, 0) is 64.0 Å². The fourth-order valence-corrected chi connectivity index (χ4v) is 2.80. The van der Waals surface area contributed by atoms with Crippen LogP contribution in [0.1, 0.15) is 16.1 Å². The van der Waals surface area contributed by atoms with Crippen LogP contribution in [0.15, 0.2) is 86.0 Å². The maximum atomic E-state index is 12.7. The van der Waals surface area contributed by atoms with Crippen molar-refractivity contribution in [3.8, 4) is 0 Å². The van der Waals surface area contributed by atoms with E-state index < -0.39 is 11.8 Å².